The molecule has 212 valence electrons. The van der Waals surface area contributed by atoms with E-state index in [-0.39, 0.29) is 23.5 Å². The summed E-state index contributed by atoms with van der Waals surface area (Å²) in [5, 5.41) is 0. The zero-order chi connectivity index (χ0) is 27.2. The number of carbonyl (C=O) groups is 2. The summed E-state index contributed by atoms with van der Waals surface area (Å²) in [6.45, 7) is 13.8. The highest BCUT2D eigenvalue weighted by Crippen LogP contribution is 2.69. The van der Waals surface area contributed by atoms with Crippen molar-refractivity contribution in [3.63, 3.8) is 0 Å². The SMILES string of the molecule is CCC(=O)OC[C@@H](C)CCC1=C(C)[C@H]2[C@H](C[C@H]3[C@H]4CC=C5C[C@@H](OC(=O)CC)CC[C@]5(C)[C@@H]4CC[C@@]32C)O1. The summed E-state index contributed by atoms with van der Waals surface area (Å²) in [6, 6.07) is 0. The van der Waals surface area contributed by atoms with Gasteiger partial charge in [0.05, 0.1) is 12.4 Å². The normalized spacial score (nSPS) is 40.2. The van der Waals surface area contributed by atoms with Gasteiger partial charge in [0.2, 0.25) is 0 Å². The molecular weight excluding hydrogens is 476 g/mol. The number of allylic oxidation sites excluding steroid dienone is 2. The van der Waals surface area contributed by atoms with Gasteiger partial charge in [-0.2, -0.15) is 0 Å². The lowest BCUT2D eigenvalue weighted by Crippen LogP contribution is -2.50. The van der Waals surface area contributed by atoms with Crippen LogP contribution in [0.1, 0.15) is 112 Å². The number of ether oxygens (including phenoxy) is 3. The van der Waals surface area contributed by atoms with E-state index in [1.165, 1.54) is 37.0 Å². The van der Waals surface area contributed by atoms with Crippen LogP contribution in [0.15, 0.2) is 23.0 Å². The van der Waals surface area contributed by atoms with Crippen LogP contribution in [0.25, 0.3) is 0 Å². The van der Waals surface area contributed by atoms with Crippen LogP contribution in [-0.2, 0) is 23.8 Å². The van der Waals surface area contributed by atoms with E-state index in [4.69, 9.17) is 14.2 Å². The van der Waals surface area contributed by atoms with Gasteiger partial charge in [-0.3, -0.25) is 9.59 Å². The van der Waals surface area contributed by atoms with Crippen LogP contribution in [0.4, 0.5) is 0 Å². The van der Waals surface area contributed by atoms with Gasteiger partial charge in [0.1, 0.15) is 12.2 Å². The Hall–Kier alpha value is -1.78. The van der Waals surface area contributed by atoms with Gasteiger partial charge in [-0.1, -0.05) is 46.3 Å². The highest BCUT2D eigenvalue weighted by Gasteiger charge is 2.63. The van der Waals surface area contributed by atoms with Gasteiger partial charge >= 0.3 is 11.9 Å². The van der Waals surface area contributed by atoms with Crippen molar-refractivity contribution in [2.45, 2.75) is 124 Å². The lowest BCUT2D eigenvalue weighted by atomic mass is 9.47. The molecule has 0 radical (unpaired) electrons. The number of carbonyl (C=O) groups excluding carboxylic acids is 2. The molecule has 0 spiro atoms. The summed E-state index contributed by atoms with van der Waals surface area (Å²) in [5.41, 5.74) is 3.63. The minimum absolute atomic E-state index is 0.0593. The summed E-state index contributed by atoms with van der Waals surface area (Å²) in [5.74, 6) is 4.11. The number of fused-ring (bicyclic) bond motifs is 7. The molecule has 0 saturated heterocycles. The molecule has 0 aromatic carbocycles. The fourth-order valence-corrected chi connectivity index (χ4v) is 9.38. The second-order valence-corrected chi connectivity index (χ2v) is 13.7. The molecule has 5 heteroatoms. The molecule has 9 atom stereocenters. The number of hydrogen-bond acceptors (Lipinski definition) is 5. The van der Waals surface area contributed by atoms with Crippen molar-refractivity contribution in [3.05, 3.63) is 23.0 Å². The van der Waals surface area contributed by atoms with Crippen LogP contribution in [0.2, 0.25) is 0 Å². The Morgan fingerprint density at radius 1 is 1.11 bits per heavy atom. The van der Waals surface area contributed by atoms with E-state index in [1.54, 1.807) is 5.57 Å². The fraction of sp³-hybridized carbons (Fsp3) is 0.818. The van der Waals surface area contributed by atoms with Crippen molar-refractivity contribution < 1.29 is 23.8 Å². The van der Waals surface area contributed by atoms with Crippen molar-refractivity contribution >= 4 is 11.9 Å². The third-order valence-corrected chi connectivity index (χ3v) is 11.5. The van der Waals surface area contributed by atoms with Crippen molar-refractivity contribution in [1.82, 2.24) is 0 Å². The van der Waals surface area contributed by atoms with Crippen molar-refractivity contribution in [2.75, 3.05) is 6.61 Å². The first-order chi connectivity index (χ1) is 18.1. The van der Waals surface area contributed by atoms with Gasteiger partial charge in [0.25, 0.3) is 0 Å². The molecule has 0 aromatic heterocycles. The van der Waals surface area contributed by atoms with Gasteiger partial charge in [-0.15, -0.1) is 0 Å². The maximum atomic E-state index is 11.9. The van der Waals surface area contributed by atoms with Gasteiger partial charge < -0.3 is 14.2 Å². The van der Waals surface area contributed by atoms with Crippen molar-refractivity contribution in [2.24, 2.45) is 40.4 Å². The average Bonchev–Trinajstić information content (AvgIpc) is 3.38. The first-order valence-corrected chi connectivity index (χ1v) is 15.5. The maximum absolute atomic E-state index is 11.9. The minimum Gasteiger partial charge on any atom is -0.494 e. The highest BCUT2D eigenvalue weighted by molar-refractivity contribution is 5.69. The molecule has 38 heavy (non-hydrogen) atoms. The minimum atomic E-state index is -0.111. The highest BCUT2D eigenvalue weighted by atomic mass is 16.5. The monoisotopic (exact) mass is 526 g/mol. The molecule has 5 nitrogen and oxygen atoms in total. The molecule has 0 N–H and O–H groups in total. The fourth-order valence-electron chi connectivity index (χ4n) is 9.38. The number of hydrogen-bond donors (Lipinski definition) is 0. The van der Waals surface area contributed by atoms with Gasteiger partial charge in [0.15, 0.2) is 0 Å². The van der Waals surface area contributed by atoms with Crippen molar-refractivity contribution in [1.29, 1.82) is 0 Å². The van der Waals surface area contributed by atoms with Gasteiger partial charge in [-0.05, 0) is 91.9 Å². The quantitative estimate of drug-likeness (QED) is 0.241. The molecule has 3 fully saturated rings. The summed E-state index contributed by atoms with van der Waals surface area (Å²) in [4.78, 5) is 23.4. The molecule has 1 heterocycles. The smallest absolute Gasteiger partial charge is 0.305 e. The molecular formula is C33H50O5. The van der Waals surface area contributed by atoms with E-state index in [0.29, 0.717) is 48.7 Å². The predicted octanol–water partition coefficient (Wildman–Crippen LogP) is 7.54. The topological polar surface area (TPSA) is 61.8 Å². The summed E-state index contributed by atoms with van der Waals surface area (Å²) < 4.78 is 17.9. The Morgan fingerprint density at radius 2 is 1.87 bits per heavy atom. The first-order valence-electron chi connectivity index (χ1n) is 15.5. The van der Waals surface area contributed by atoms with Crippen LogP contribution < -0.4 is 0 Å². The van der Waals surface area contributed by atoms with E-state index in [1.807, 2.05) is 13.8 Å². The van der Waals surface area contributed by atoms with E-state index in [0.717, 1.165) is 43.9 Å². The predicted molar refractivity (Wildman–Crippen MR) is 148 cm³/mol. The summed E-state index contributed by atoms with van der Waals surface area (Å²) >= 11 is 0. The standard InChI is InChI=1S/C33H50O5/c1-7-29(34)36-19-20(3)9-12-27-21(4)31-28(38-27)18-26-24-11-10-22-17-23(37-30(35)8-2)13-15-32(22,5)25(24)14-16-33(26,31)6/h10,20,23-26,28,31H,7-9,11-19H2,1-6H3/t20-,23-,24-,25+,26-,28-,31-,32-,33-/m0/s1. The molecule has 5 aliphatic rings. The molecule has 1 aliphatic heterocycles. The molecule has 0 bridgehead atoms. The second-order valence-electron chi connectivity index (χ2n) is 13.7. The van der Waals surface area contributed by atoms with Gasteiger partial charge in [0, 0.05) is 31.6 Å². The van der Waals surface area contributed by atoms with Crippen LogP contribution in [0.3, 0.4) is 0 Å². The van der Waals surface area contributed by atoms with Crippen LogP contribution in [0, 0.1) is 40.4 Å². The zero-order valence-corrected chi connectivity index (χ0v) is 24.6. The Labute approximate surface area is 230 Å². The second kappa shape index (κ2) is 10.7. The molecule has 4 aliphatic carbocycles. The Bertz CT molecular complexity index is 995. The van der Waals surface area contributed by atoms with E-state index >= 15 is 0 Å². The lowest BCUT2D eigenvalue weighted by molar-refractivity contribution is -0.151. The molecule has 5 rings (SSSR count). The number of rotatable bonds is 8. The Balaban J connectivity index is 1.26. The molecule has 0 aromatic rings. The van der Waals surface area contributed by atoms with Gasteiger partial charge in [-0.25, -0.2) is 0 Å². The third-order valence-electron chi connectivity index (χ3n) is 11.5. The van der Waals surface area contributed by atoms with E-state index in [2.05, 4.69) is 33.8 Å². The largest absolute Gasteiger partial charge is 0.494 e. The van der Waals surface area contributed by atoms with E-state index < -0.39 is 0 Å². The van der Waals surface area contributed by atoms with Crippen LogP contribution >= 0.6 is 0 Å². The first kappa shape index (κ1) is 27.8. The Kier molecular flexibility index (Phi) is 7.79. The lowest BCUT2D eigenvalue weighted by Gasteiger charge is -2.58. The molecule has 0 amide bonds. The molecule has 3 saturated carbocycles. The number of esters is 2. The summed E-state index contributed by atoms with van der Waals surface area (Å²) in [6.07, 6.45) is 13.8. The van der Waals surface area contributed by atoms with Crippen LogP contribution in [-0.4, -0.2) is 30.8 Å². The molecule has 0 unspecified atom stereocenters. The average molecular weight is 527 g/mol. The Morgan fingerprint density at radius 3 is 2.61 bits per heavy atom. The van der Waals surface area contributed by atoms with Crippen molar-refractivity contribution in [3.8, 4) is 0 Å². The maximum Gasteiger partial charge on any atom is 0.305 e. The zero-order valence-electron chi connectivity index (χ0n) is 24.6. The van der Waals surface area contributed by atoms with Crippen LogP contribution in [0.5, 0.6) is 0 Å². The summed E-state index contributed by atoms with van der Waals surface area (Å²) in [7, 11) is 0. The van der Waals surface area contributed by atoms with E-state index in [9.17, 15) is 9.59 Å². The third kappa shape index (κ3) is 4.74.